The van der Waals surface area contributed by atoms with E-state index >= 15 is 0 Å². The van der Waals surface area contributed by atoms with Crippen LogP contribution in [0.4, 0.5) is 5.69 Å². The van der Waals surface area contributed by atoms with Crippen LogP contribution in [-0.2, 0) is 10.0 Å². The van der Waals surface area contributed by atoms with E-state index in [0.29, 0.717) is 0 Å². The van der Waals surface area contributed by atoms with Crippen LogP contribution in [0.3, 0.4) is 0 Å². The summed E-state index contributed by atoms with van der Waals surface area (Å²) >= 11 is 17.4. The van der Waals surface area contributed by atoms with E-state index in [-0.39, 0.29) is 25.8 Å². The van der Waals surface area contributed by atoms with Crippen molar-refractivity contribution in [2.24, 2.45) is 0 Å². The van der Waals surface area contributed by atoms with Gasteiger partial charge in [-0.3, -0.25) is 4.72 Å². The largest absolute Gasteiger partial charge is 0.279 e. The van der Waals surface area contributed by atoms with Crippen molar-refractivity contribution in [2.75, 3.05) is 4.72 Å². The minimum absolute atomic E-state index is 0.0418. The summed E-state index contributed by atoms with van der Waals surface area (Å²) < 4.78 is 26.8. The molecule has 0 saturated heterocycles. The van der Waals surface area contributed by atoms with E-state index in [2.05, 4.69) is 9.71 Å². The smallest absolute Gasteiger partial charge is 0.264 e. The SMILES string of the molecule is O=S(=O)(Nc1ccnc(Cl)c1)c1c(Cl)cccc1Cl. The van der Waals surface area contributed by atoms with Gasteiger partial charge in [-0.25, -0.2) is 13.4 Å². The zero-order valence-electron chi connectivity index (χ0n) is 9.27. The number of hydrogen-bond acceptors (Lipinski definition) is 3. The molecule has 2 aromatic rings. The van der Waals surface area contributed by atoms with Gasteiger partial charge < -0.3 is 0 Å². The molecule has 0 saturated carbocycles. The number of aromatic nitrogens is 1. The van der Waals surface area contributed by atoms with Crippen LogP contribution >= 0.6 is 34.8 Å². The first-order chi connectivity index (χ1) is 8.90. The lowest BCUT2D eigenvalue weighted by atomic mass is 10.4. The minimum Gasteiger partial charge on any atom is -0.279 e. The number of sulfonamides is 1. The van der Waals surface area contributed by atoms with Crippen molar-refractivity contribution in [3.63, 3.8) is 0 Å². The molecule has 0 atom stereocenters. The van der Waals surface area contributed by atoms with E-state index in [1.807, 2.05) is 0 Å². The molecule has 1 heterocycles. The predicted octanol–water partition coefficient (Wildman–Crippen LogP) is 3.84. The lowest BCUT2D eigenvalue weighted by Gasteiger charge is -2.10. The predicted molar refractivity (Wildman–Crippen MR) is 76.5 cm³/mol. The second-order valence-corrected chi connectivity index (χ2v) is 6.34. The Morgan fingerprint density at radius 1 is 1.05 bits per heavy atom. The average Bonchev–Trinajstić information content (AvgIpc) is 2.27. The average molecular weight is 338 g/mol. The fraction of sp³-hybridized carbons (Fsp3) is 0. The summed E-state index contributed by atoms with van der Waals surface area (Å²) in [5.41, 5.74) is 0.274. The highest BCUT2D eigenvalue weighted by Gasteiger charge is 2.21. The molecule has 0 unspecified atom stereocenters. The summed E-state index contributed by atoms with van der Waals surface area (Å²) in [5, 5.41) is 0.255. The molecule has 4 nitrogen and oxygen atoms in total. The van der Waals surface area contributed by atoms with Gasteiger partial charge in [-0.2, -0.15) is 0 Å². The van der Waals surface area contributed by atoms with Crippen LogP contribution in [-0.4, -0.2) is 13.4 Å². The topological polar surface area (TPSA) is 59.1 Å². The van der Waals surface area contributed by atoms with Gasteiger partial charge in [0.25, 0.3) is 10.0 Å². The van der Waals surface area contributed by atoms with Gasteiger partial charge in [-0.05, 0) is 24.3 Å². The molecule has 100 valence electrons. The molecule has 0 spiro atoms. The van der Waals surface area contributed by atoms with E-state index in [0.717, 1.165) is 0 Å². The monoisotopic (exact) mass is 336 g/mol. The minimum atomic E-state index is -3.89. The molecule has 0 aliphatic carbocycles. The fourth-order valence-corrected chi connectivity index (χ4v) is 3.78. The first-order valence-electron chi connectivity index (χ1n) is 4.98. The molecular formula is C11H7Cl3N2O2S. The van der Waals surface area contributed by atoms with Crippen molar-refractivity contribution in [3.05, 3.63) is 51.7 Å². The molecule has 0 radical (unpaired) electrons. The van der Waals surface area contributed by atoms with Gasteiger partial charge >= 0.3 is 0 Å². The zero-order chi connectivity index (χ0) is 14.0. The van der Waals surface area contributed by atoms with Gasteiger partial charge in [0.1, 0.15) is 10.0 Å². The normalized spacial score (nSPS) is 11.3. The van der Waals surface area contributed by atoms with Crippen molar-refractivity contribution in [1.82, 2.24) is 4.98 Å². The Hall–Kier alpha value is -1.01. The van der Waals surface area contributed by atoms with Gasteiger partial charge in [0.2, 0.25) is 0 Å². The maximum atomic E-state index is 12.2. The Morgan fingerprint density at radius 3 is 2.26 bits per heavy atom. The number of benzene rings is 1. The molecule has 0 amide bonds. The van der Waals surface area contributed by atoms with Crippen LogP contribution in [0.2, 0.25) is 15.2 Å². The third-order valence-corrected chi connectivity index (χ3v) is 4.71. The summed E-state index contributed by atoms with van der Waals surface area (Å²) in [7, 11) is -3.89. The van der Waals surface area contributed by atoms with E-state index in [9.17, 15) is 8.42 Å². The highest BCUT2D eigenvalue weighted by molar-refractivity contribution is 7.93. The summed E-state index contributed by atoms with van der Waals surface area (Å²) in [6.07, 6.45) is 1.38. The van der Waals surface area contributed by atoms with Crippen LogP contribution < -0.4 is 4.72 Å². The molecule has 0 fully saturated rings. The standard InChI is InChI=1S/C11H7Cl3N2O2S/c12-8-2-1-3-9(13)11(8)19(17,18)16-7-4-5-15-10(14)6-7/h1-6H,(H,15,16). The van der Waals surface area contributed by atoms with Crippen molar-refractivity contribution < 1.29 is 8.42 Å². The Bertz CT molecular complexity index is 699. The summed E-state index contributed by atoms with van der Waals surface area (Å²) in [5.74, 6) is 0. The quantitative estimate of drug-likeness (QED) is 0.866. The number of pyridine rings is 1. The van der Waals surface area contributed by atoms with Crippen LogP contribution in [0.15, 0.2) is 41.4 Å². The van der Waals surface area contributed by atoms with Crippen molar-refractivity contribution in [2.45, 2.75) is 4.90 Å². The molecule has 1 aromatic heterocycles. The Balaban J connectivity index is 2.44. The van der Waals surface area contributed by atoms with Gasteiger partial charge in [0, 0.05) is 6.20 Å². The third kappa shape index (κ3) is 3.30. The number of nitrogens with zero attached hydrogens (tertiary/aromatic N) is 1. The number of nitrogens with one attached hydrogen (secondary N) is 1. The van der Waals surface area contributed by atoms with Crippen LogP contribution in [0.5, 0.6) is 0 Å². The highest BCUT2D eigenvalue weighted by atomic mass is 35.5. The van der Waals surface area contributed by atoms with Gasteiger partial charge in [-0.1, -0.05) is 40.9 Å². The Labute approximate surface area is 125 Å². The number of halogens is 3. The summed E-state index contributed by atoms with van der Waals surface area (Å²) in [6.45, 7) is 0. The summed E-state index contributed by atoms with van der Waals surface area (Å²) in [6, 6.07) is 7.30. The third-order valence-electron chi connectivity index (χ3n) is 2.17. The zero-order valence-corrected chi connectivity index (χ0v) is 12.4. The molecule has 1 N–H and O–H groups in total. The highest BCUT2D eigenvalue weighted by Crippen LogP contribution is 2.30. The molecule has 1 aromatic carbocycles. The maximum Gasteiger partial charge on any atom is 0.264 e. The van der Waals surface area contributed by atoms with Crippen molar-refractivity contribution in [3.8, 4) is 0 Å². The van der Waals surface area contributed by atoms with Gasteiger partial charge in [0.05, 0.1) is 15.7 Å². The first kappa shape index (κ1) is 14.4. The lowest BCUT2D eigenvalue weighted by molar-refractivity contribution is 0.601. The molecule has 8 heteroatoms. The van der Waals surface area contributed by atoms with Gasteiger partial charge in [-0.15, -0.1) is 0 Å². The van der Waals surface area contributed by atoms with E-state index in [4.69, 9.17) is 34.8 Å². The second kappa shape index (κ2) is 5.54. The number of rotatable bonds is 3. The molecule has 0 bridgehead atoms. The molecule has 0 aliphatic rings. The number of anilines is 1. The van der Waals surface area contributed by atoms with Crippen molar-refractivity contribution in [1.29, 1.82) is 0 Å². The lowest BCUT2D eigenvalue weighted by Crippen LogP contribution is -2.14. The molecule has 19 heavy (non-hydrogen) atoms. The van der Waals surface area contributed by atoms with Crippen LogP contribution in [0.1, 0.15) is 0 Å². The Morgan fingerprint density at radius 2 is 1.68 bits per heavy atom. The van der Waals surface area contributed by atoms with Crippen molar-refractivity contribution >= 4 is 50.5 Å². The van der Waals surface area contributed by atoms with E-state index < -0.39 is 10.0 Å². The first-order valence-corrected chi connectivity index (χ1v) is 7.60. The Kier molecular flexibility index (Phi) is 4.20. The van der Waals surface area contributed by atoms with Crippen LogP contribution in [0.25, 0.3) is 0 Å². The maximum absolute atomic E-state index is 12.2. The molecule has 0 aliphatic heterocycles. The number of hydrogen-bond donors (Lipinski definition) is 1. The molecule has 2 rings (SSSR count). The molecular weight excluding hydrogens is 331 g/mol. The summed E-state index contributed by atoms with van der Waals surface area (Å²) in [4.78, 5) is 3.58. The van der Waals surface area contributed by atoms with Crippen LogP contribution in [0, 0.1) is 0 Å². The second-order valence-electron chi connectivity index (χ2n) is 3.52. The van der Waals surface area contributed by atoms with E-state index in [1.165, 1.54) is 30.5 Å². The van der Waals surface area contributed by atoms with E-state index in [1.54, 1.807) is 6.07 Å². The fourth-order valence-electron chi connectivity index (χ4n) is 1.41. The van der Waals surface area contributed by atoms with Gasteiger partial charge in [0.15, 0.2) is 0 Å².